The molecule has 1 fully saturated rings. The molecule has 4 N–H and O–H groups in total. The van der Waals surface area contributed by atoms with E-state index in [9.17, 15) is 24.3 Å². The summed E-state index contributed by atoms with van der Waals surface area (Å²) < 4.78 is 5.36. The molecular formula is C25H33N3O6. The fourth-order valence-corrected chi connectivity index (χ4v) is 4.47. The van der Waals surface area contributed by atoms with E-state index >= 15 is 0 Å². The van der Waals surface area contributed by atoms with Gasteiger partial charge in [-0.15, -0.1) is 0 Å². The number of ether oxygens (including phenoxy) is 1. The maximum atomic E-state index is 13.2. The van der Waals surface area contributed by atoms with Crippen molar-refractivity contribution in [3.63, 3.8) is 0 Å². The molecule has 2 amide bonds. The van der Waals surface area contributed by atoms with Gasteiger partial charge in [0.05, 0.1) is 18.8 Å². The van der Waals surface area contributed by atoms with Crippen LogP contribution in [0.15, 0.2) is 24.3 Å². The molecule has 3 rings (SSSR count). The summed E-state index contributed by atoms with van der Waals surface area (Å²) >= 11 is 0. The summed E-state index contributed by atoms with van der Waals surface area (Å²) in [5.41, 5.74) is 1.14. The lowest BCUT2D eigenvalue weighted by Gasteiger charge is -2.23. The zero-order valence-corrected chi connectivity index (χ0v) is 19.8. The van der Waals surface area contributed by atoms with Crippen molar-refractivity contribution < 1.29 is 29.0 Å². The van der Waals surface area contributed by atoms with Crippen molar-refractivity contribution in [3.05, 3.63) is 30.0 Å². The predicted octanol–water partition coefficient (Wildman–Crippen LogP) is 1.98. The minimum Gasteiger partial charge on any atom is -0.496 e. The smallest absolute Gasteiger partial charge is 0.224 e. The largest absolute Gasteiger partial charge is 0.496 e. The molecule has 184 valence electrons. The molecule has 2 heterocycles. The van der Waals surface area contributed by atoms with E-state index in [1.165, 1.54) is 0 Å². The summed E-state index contributed by atoms with van der Waals surface area (Å²) in [5, 5.41) is 15.6. The van der Waals surface area contributed by atoms with Crippen LogP contribution in [-0.4, -0.2) is 59.8 Å². The van der Waals surface area contributed by atoms with Gasteiger partial charge in [0.15, 0.2) is 11.6 Å². The first-order chi connectivity index (χ1) is 16.2. The van der Waals surface area contributed by atoms with Crippen LogP contribution >= 0.6 is 0 Å². The number of carbonyl (C=O) groups is 4. The van der Waals surface area contributed by atoms with Crippen molar-refractivity contribution in [2.24, 2.45) is 17.8 Å². The number of ketones is 2. The summed E-state index contributed by atoms with van der Waals surface area (Å²) in [6.07, 6.45) is 1.11. The minimum atomic E-state index is -0.978. The second-order valence-electron chi connectivity index (χ2n) is 9.26. The molecule has 0 bridgehead atoms. The Morgan fingerprint density at radius 3 is 2.65 bits per heavy atom. The molecule has 0 aliphatic carbocycles. The van der Waals surface area contributed by atoms with Crippen LogP contribution in [0.2, 0.25) is 0 Å². The van der Waals surface area contributed by atoms with Crippen LogP contribution in [0.5, 0.6) is 5.75 Å². The van der Waals surface area contributed by atoms with Gasteiger partial charge in [0.1, 0.15) is 12.4 Å². The molecule has 1 aliphatic heterocycles. The number of aromatic nitrogens is 1. The Bertz CT molecular complexity index is 1060. The number of aromatic amines is 1. The van der Waals surface area contributed by atoms with Crippen LogP contribution in [-0.2, 0) is 14.4 Å². The average molecular weight is 472 g/mol. The first kappa shape index (κ1) is 25.4. The summed E-state index contributed by atoms with van der Waals surface area (Å²) in [6.45, 7) is 3.71. The summed E-state index contributed by atoms with van der Waals surface area (Å²) in [6, 6.07) is 6.22. The molecule has 3 atom stereocenters. The molecule has 1 aromatic carbocycles. The molecule has 1 saturated heterocycles. The summed E-state index contributed by atoms with van der Waals surface area (Å²) in [7, 11) is 1.56. The van der Waals surface area contributed by atoms with Gasteiger partial charge in [-0.3, -0.25) is 19.2 Å². The number of rotatable bonds is 12. The van der Waals surface area contributed by atoms with Crippen molar-refractivity contribution in [1.29, 1.82) is 0 Å². The highest BCUT2D eigenvalue weighted by Gasteiger charge is 2.33. The molecule has 3 unspecified atom stereocenters. The number of nitrogens with one attached hydrogen (secondary N) is 3. The monoisotopic (exact) mass is 471 g/mol. The van der Waals surface area contributed by atoms with Gasteiger partial charge >= 0.3 is 0 Å². The van der Waals surface area contributed by atoms with Crippen LogP contribution in [0.4, 0.5) is 0 Å². The van der Waals surface area contributed by atoms with Crippen molar-refractivity contribution in [1.82, 2.24) is 15.6 Å². The molecule has 9 nitrogen and oxygen atoms in total. The predicted molar refractivity (Wildman–Crippen MR) is 127 cm³/mol. The molecule has 2 aromatic rings. The highest BCUT2D eigenvalue weighted by molar-refractivity contribution is 6.02. The van der Waals surface area contributed by atoms with E-state index in [1.54, 1.807) is 13.2 Å². The Labute approximate surface area is 198 Å². The number of amides is 2. The molecule has 34 heavy (non-hydrogen) atoms. The molecule has 1 aromatic heterocycles. The third kappa shape index (κ3) is 6.02. The van der Waals surface area contributed by atoms with Crippen molar-refractivity contribution in [3.8, 4) is 5.75 Å². The number of methoxy groups -OCH3 is 1. The molecule has 1 aliphatic rings. The van der Waals surface area contributed by atoms with Crippen LogP contribution in [0.25, 0.3) is 10.9 Å². The van der Waals surface area contributed by atoms with Crippen molar-refractivity contribution >= 4 is 34.3 Å². The number of fused-ring (bicyclic) bond motifs is 1. The standard InChI is InChI=1S/C25H33N3O6/c1-14(2)9-16(11-21(30)20-12-17-18(27-20)5-4-6-23(17)34-3)25(33)28-19(22(31)13-29)10-15-7-8-26-24(15)32/h4-6,12,14-16,19,27,29H,7-11,13H2,1-3H3,(H,26,32)(H,28,33). The zero-order valence-electron chi connectivity index (χ0n) is 19.8. The number of aliphatic hydroxyl groups excluding tert-OH is 1. The second kappa shape index (κ2) is 11.3. The van der Waals surface area contributed by atoms with Gasteiger partial charge in [-0.2, -0.15) is 0 Å². The number of Topliss-reactive ketones (excluding diaryl/α,β-unsaturated/α-hetero) is 2. The number of hydrogen-bond donors (Lipinski definition) is 4. The number of H-pyrrole nitrogens is 1. The quantitative estimate of drug-likeness (QED) is 0.349. The molecular weight excluding hydrogens is 438 g/mol. The summed E-state index contributed by atoms with van der Waals surface area (Å²) in [4.78, 5) is 53.6. The fraction of sp³-hybridized carbons (Fsp3) is 0.520. The normalized spacial score (nSPS) is 17.4. The highest BCUT2D eigenvalue weighted by Crippen LogP contribution is 2.28. The second-order valence-corrected chi connectivity index (χ2v) is 9.26. The van der Waals surface area contributed by atoms with Crippen molar-refractivity contribution in [2.45, 2.75) is 45.6 Å². The molecule has 0 spiro atoms. The third-order valence-electron chi connectivity index (χ3n) is 6.25. The van der Waals surface area contributed by atoms with Crippen LogP contribution < -0.4 is 15.4 Å². The molecule has 0 radical (unpaired) electrons. The number of aliphatic hydroxyl groups is 1. The molecule has 0 saturated carbocycles. The Kier molecular flexibility index (Phi) is 8.44. The topological polar surface area (TPSA) is 138 Å². The molecule has 9 heteroatoms. The van der Waals surface area contributed by atoms with E-state index in [4.69, 9.17) is 4.74 Å². The first-order valence-electron chi connectivity index (χ1n) is 11.6. The van der Waals surface area contributed by atoms with E-state index in [1.807, 2.05) is 32.0 Å². The van der Waals surface area contributed by atoms with Gasteiger partial charge < -0.3 is 25.5 Å². The highest BCUT2D eigenvalue weighted by atomic mass is 16.5. The number of carbonyl (C=O) groups excluding carboxylic acids is 4. The van der Waals surface area contributed by atoms with Crippen LogP contribution in [0.1, 0.15) is 50.0 Å². The minimum absolute atomic E-state index is 0.0386. The summed E-state index contributed by atoms with van der Waals surface area (Å²) in [5.74, 6) is -1.64. The van der Waals surface area contributed by atoms with Gasteiger partial charge in [0, 0.05) is 35.7 Å². The van der Waals surface area contributed by atoms with Gasteiger partial charge in [0.2, 0.25) is 11.8 Å². The Morgan fingerprint density at radius 1 is 1.26 bits per heavy atom. The van der Waals surface area contributed by atoms with E-state index in [0.717, 1.165) is 10.9 Å². The third-order valence-corrected chi connectivity index (χ3v) is 6.25. The lowest BCUT2D eigenvalue weighted by Crippen LogP contribution is -2.46. The zero-order chi connectivity index (χ0) is 24.8. The lowest BCUT2D eigenvalue weighted by molar-refractivity contribution is -0.132. The first-order valence-corrected chi connectivity index (χ1v) is 11.6. The van der Waals surface area contributed by atoms with Crippen molar-refractivity contribution in [2.75, 3.05) is 20.3 Å². The number of hydrogen-bond acceptors (Lipinski definition) is 6. The van der Waals surface area contributed by atoms with E-state index < -0.39 is 36.2 Å². The van der Waals surface area contributed by atoms with E-state index in [-0.39, 0.29) is 30.4 Å². The van der Waals surface area contributed by atoms with E-state index in [2.05, 4.69) is 15.6 Å². The lowest BCUT2D eigenvalue weighted by atomic mass is 9.89. The maximum Gasteiger partial charge on any atom is 0.224 e. The number of benzene rings is 1. The van der Waals surface area contributed by atoms with Crippen LogP contribution in [0.3, 0.4) is 0 Å². The van der Waals surface area contributed by atoms with Gasteiger partial charge in [0.25, 0.3) is 0 Å². The maximum absolute atomic E-state index is 13.2. The Hall–Kier alpha value is -3.20. The fourth-order valence-electron chi connectivity index (χ4n) is 4.47. The Morgan fingerprint density at radius 2 is 2.03 bits per heavy atom. The van der Waals surface area contributed by atoms with Crippen LogP contribution in [0, 0.1) is 17.8 Å². The van der Waals surface area contributed by atoms with E-state index in [0.29, 0.717) is 30.8 Å². The average Bonchev–Trinajstić information content (AvgIpc) is 3.43. The SMILES string of the molecule is COc1cccc2[nH]c(C(=O)CC(CC(C)C)C(=O)NC(CC3CCNC3=O)C(=O)CO)cc12. The van der Waals surface area contributed by atoms with Gasteiger partial charge in [-0.05, 0) is 43.4 Å². The van der Waals surface area contributed by atoms with Gasteiger partial charge in [-0.1, -0.05) is 19.9 Å². The Balaban J connectivity index is 1.75. The van der Waals surface area contributed by atoms with Gasteiger partial charge in [-0.25, -0.2) is 0 Å².